The van der Waals surface area contributed by atoms with Gasteiger partial charge in [0.1, 0.15) is 12.1 Å². The Morgan fingerprint density at radius 3 is 2.33 bits per heavy atom. The number of hydrogen-bond donors (Lipinski definition) is 0. The molecule has 0 rings (SSSR count). The third-order valence-electron chi connectivity index (χ3n) is 1.94. The number of Topliss-reactive ketones (excluding diaryl/α,β-unsaturated/α-hetero) is 1. The van der Waals surface area contributed by atoms with Gasteiger partial charge < -0.3 is 9.59 Å². The zero-order valence-corrected chi connectivity index (χ0v) is 8.17. The number of carbonyl (C=O) groups excluding carboxylic acids is 2. The van der Waals surface area contributed by atoms with Crippen LogP contribution in [0.15, 0.2) is 0 Å². The minimum atomic E-state index is 0.237. The number of ketones is 1. The minimum absolute atomic E-state index is 0.237. The van der Waals surface area contributed by atoms with Crippen LogP contribution in [0.5, 0.6) is 0 Å². The summed E-state index contributed by atoms with van der Waals surface area (Å²) in [5.41, 5.74) is 0. The average molecular weight is 170 g/mol. The largest absolute Gasteiger partial charge is 0.303 e. The maximum Gasteiger partial charge on any atom is 0.130 e. The van der Waals surface area contributed by atoms with Crippen LogP contribution in [0.4, 0.5) is 0 Å². The molecule has 0 saturated heterocycles. The molecule has 2 heteroatoms. The first-order valence-corrected chi connectivity index (χ1v) is 4.49. The van der Waals surface area contributed by atoms with Crippen LogP contribution in [0.25, 0.3) is 0 Å². The zero-order chi connectivity index (χ0) is 9.56. The molecule has 0 amide bonds. The smallest absolute Gasteiger partial charge is 0.130 e. The van der Waals surface area contributed by atoms with E-state index in [4.69, 9.17) is 0 Å². The molecule has 0 N–H and O–H groups in total. The zero-order valence-electron chi connectivity index (χ0n) is 8.17. The molecule has 0 aliphatic rings. The molecule has 0 aromatic rings. The number of rotatable bonds is 6. The van der Waals surface area contributed by atoms with Gasteiger partial charge in [0, 0.05) is 12.8 Å². The summed E-state index contributed by atoms with van der Waals surface area (Å²) >= 11 is 0. The van der Waals surface area contributed by atoms with Crippen molar-refractivity contribution in [2.45, 2.75) is 40.0 Å². The molecular weight excluding hydrogens is 152 g/mol. The SMILES string of the molecule is CC(=O)CC(C)CC(C)CC=O. The molecular formula is C10H18O2. The van der Waals surface area contributed by atoms with Crippen LogP contribution in [-0.4, -0.2) is 12.1 Å². The molecule has 0 bridgehead atoms. The van der Waals surface area contributed by atoms with E-state index in [9.17, 15) is 9.59 Å². The second-order valence-electron chi connectivity index (χ2n) is 3.75. The molecule has 0 radical (unpaired) electrons. The van der Waals surface area contributed by atoms with Crippen LogP contribution < -0.4 is 0 Å². The molecule has 2 unspecified atom stereocenters. The maximum atomic E-state index is 10.7. The molecule has 0 fully saturated rings. The lowest BCUT2D eigenvalue weighted by Crippen LogP contribution is -2.07. The summed E-state index contributed by atoms with van der Waals surface area (Å²) in [6.07, 6.45) is 3.18. The van der Waals surface area contributed by atoms with Gasteiger partial charge in [-0.25, -0.2) is 0 Å². The summed E-state index contributed by atoms with van der Waals surface area (Å²) in [5, 5.41) is 0. The number of carbonyl (C=O) groups is 2. The predicted octanol–water partition coefficient (Wildman–Crippen LogP) is 2.22. The molecule has 0 aromatic carbocycles. The normalized spacial score (nSPS) is 15.2. The van der Waals surface area contributed by atoms with Gasteiger partial charge >= 0.3 is 0 Å². The van der Waals surface area contributed by atoms with Crippen molar-refractivity contribution in [2.75, 3.05) is 0 Å². The van der Waals surface area contributed by atoms with E-state index in [-0.39, 0.29) is 5.78 Å². The summed E-state index contributed by atoms with van der Waals surface area (Å²) in [5.74, 6) is 1.06. The van der Waals surface area contributed by atoms with Gasteiger partial charge in [-0.2, -0.15) is 0 Å². The molecule has 2 nitrogen and oxygen atoms in total. The Bertz CT molecular complexity index is 152. The number of hydrogen-bond acceptors (Lipinski definition) is 2. The van der Waals surface area contributed by atoms with Gasteiger partial charge in [-0.1, -0.05) is 13.8 Å². The summed E-state index contributed by atoms with van der Waals surface area (Å²) < 4.78 is 0. The summed E-state index contributed by atoms with van der Waals surface area (Å²) in [7, 11) is 0. The summed E-state index contributed by atoms with van der Waals surface area (Å²) in [4.78, 5) is 20.9. The van der Waals surface area contributed by atoms with Gasteiger partial charge in [-0.15, -0.1) is 0 Å². The highest BCUT2D eigenvalue weighted by atomic mass is 16.1. The molecule has 0 aliphatic heterocycles. The Balaban J connectivity index is 3.59. The Labute approximate surface area is 74.3 Å². The van der Waals surface area contributed by atoms with E-state index in [0.29, 0.717) is 24.7 Å². The van der Waals surface area contributed by atoms with E-state index in [1.54, 1.807) is 6.92 Å². The molecule has 0 spiro atoms. The van der Waals surface area contributed by atoms with E-state index in [1.165, 1.54) is 0 Å². The lowest BCUT2D eigenvalue weighted by molar-refractivity contribution is -0.117. The lowest BCUT2D eigenvalue weighted by Gasteiger charge is -2.13. The van der Waals surface area contributed by atoms with Crippen molar-refractivity contribution >= 4 is 12.1 Å². The topological polar surface area (TPSA) is 34.1 Å². The van der Waals surface area contributed by atoms with E-state index >= 15 is 0 Å². The molecule has 0 aromatic heterocycles. The minimum Gasteiger partial charge on any atom is -0.303 e. The fraction of sp³-hybridized carbons (Fsp3) is 0.800. The third-order valence-corrected chi connectivity index (χ3v) is 1.94. The van der Waals surface area contributed by atoms with Crippen LogP contribution in [-0.2, 0) is 9.59 Å². The van der Waals surface area contributed by atoms with Crippen molar-refractivity contribution in [3.05, 3.63) is 0 Å². The van der Waals surface area contributed by atoms with Crippen molar-refractivity contribution in [1.29, 1.82) is 0 Å². The first-order chi connectivity index (χ1) is 5.56. The summed E-state index contributed by atoms with van der Waals surface area (Å²) in [6.45, 7) is 5.72. The van der Waals surface area contributed by atoms with E-state index in [1.807, 2.05) is 6.92 Å². The second-order valence-corrected chi connectivity index (χ2v) is 3.75. The maximum absolute atomic E-state index is 10.7. The van der Waals surface area contributed by atoms with Crippen LogP contribution in [0.2, 0.25) is 0 Å². The summed E-state index contributed by atoms with van der Waals surface area (Å²) in [6, 6.07) is 0. The highest BCUT2D eigenvalue weighted by molar-refractivity contribution is 5.75. The van der Waals surface area contributed by atoms with Crippen LogP contribution >= 0.6 is 0 Å². The quantitative estimate of drug-likeness (QED) is 0.573. The van der Waals surface area contributed by atoms with E-state index in [0.717, 1.165) is 12.7 Å². The molecule has 0 saturated carbocycles. The van der Waals surface area contributed by atoms with Crippen LogP contribution in [0, 0.1) is 11.8 Å². The standard InChI is InChI=1S/C10H18O2/c1-8(4-5-11)6-9(2)7-10(3)12/h5,8-9H,4,6-7H2,1-3H3. The number of aldehydes is 1. The first kappa shape index (κ1) is 11.3. The predicted molar refractivity (Wildman–Crippen MR) is 48.9 cm³/mol. The highest BCUT2D eigenvalue weighted by Gasteiger charge is 2.09. The van der Waals surface area contributed by atoms with Crippen LogP contribution in [0.3, 0.4) is 0 Å². The second kappa shape index (κ2) is 5.92. The fourth-order valence-corrected chi connectivity index (χ4v) is 1.52. The highest BCUT2D eigenvalue weighted by Crippen LogP contribution is 2.16. The molecule has 2 atom stereocenters. The van der Waals surface area contributed by atoms with Crippen molar-refractivity contribution in [1.82, 2.24) is 0 Å². The van der Waals surface area contributed by atoms with Gasteiger partial charge in [0.25, 0.3) is 0 Å². The van der Waals surface area contributed by atoms with Gasteiger partial charge in [-0.05, 0) is 25.2 Å². The average Bonchev–Trinajstić information content (AvgIpc) is 1.84. The molecule has 0 heterocycles. The molecule has 0 aliphatic carbocycles. The van der Waals surface area contributed by atoms with Gasteiger partial charge in [0.15, 0.2) is 0 Å². The third kappa shape index (κ3) is 6.08. The van der Waals surface area contributed by atoms with Crippen molar-refractivity contribution in [3.8, 4) is 0 Å². The lowest BCUT2D eigenvalue weighted by atomic mass is 9.92. The van der Waals surface area contributed by atoms with E-state index in [2.05, 4.69) is 6.92 Å². The van der Waals surface area contributed by atoms with Crippen LogP contribution in [0.1, 0.15) is 40.0 Å². The Morgan fingerprint density at radius 2 is 1.92 bits per heavy atom. The Hall–Kier alpha value is -0.660. The Kier molecular flexibility index (Phi) is 5.60. The van der Waals surface area contributed by atoms with Gasteiger partial charge in [0.05, 0.1) is 0 Å². The van der Waals surface area contributed by atoms with Crippen molar-refractivity contribution in [3.63, 3.8) is 0 Å². The van der Waals surface area contributed by atoms with Crippen molar-refractivity contribution in [2.24, 2.45) is 11.8 Å². The monoisotopic (exact) mass is 170 g/mol. The van der Waals surface area contributed by atoms with Gasteiger partial charge in [0.2, 0.25) is 0 Å². The first-order valence-electron chi connectivity index (χ1n) is 4.49. The molecule has 12 heavy (non-hydrogen) atoms. The fourth-order valence-electron chi connectivity index (χ4n) is 1.52. The van der Waals surface area contributed by atoms with Gasteiger partial charge in [-0.3, -0.25) is 0 Å². The Morgan fingerprint density at radius 1 is 1.33 bits per heavy atom. The van der Waals surface area contributed by atoms with Crippen molar-refractivity contribution < 1.29 is 9.59 Å². The molecule has 70 valence electrons. The van der Waals surface area contributed by atoms with E-state index < -0.39 is 0 Å².